The minimum absolute atomic E-state index is 0. The standard InChI is InChI=1S/ClHO3.Na/c2-1(3)4;/h2H;. The van der Waals surface area contributed by atoms with E-state index in [1.165, 1.54) is 0 Å². The van der Waals surface area contributed by atoms with Crippen LogP contribution in [0.1, 0.15) is 0 Å². The summed E-state index contributed by atoms with van der Waals surface area (Å²) >= 11 is 0. The molecule has 0 saturated carbocycles. The molecule has 0 bridgehead atoms. The molecule has 0 rings (SSSR count). The summed E-state index contributed by atoms with van der Waals surface area (Å²) in [5, 5.41) is 0. The Morgan fingerprint density at radius 3 is 1.40 bits per heavy atom. The summed E-state index contributed by atoms with van der Waals surface area (Å²) in [6.45, 7) is 0. The minimum Gasteiger partial charge on any atom is -0.321 e. The zero-order chi connectivity index (χ0) is 3.58. The maximum Gasteiger partial charge on any atom is 0.282 e. The normalized spacial score (nSPS) is 7.20. The molecule has 0 aromatic carbocycles. The summed E-state index contributed by atoms with van der Waals surface area (Å²) in [4.78, 5) is 0. The van der Waals surface area contributed by atoms with E-state index in [4.69, 9.17) is 14.0 Å². The van der Waals surface area contributed by atoms with Crippen molar-refractivity contribution in [1.82, 2.24) is 0 Å². The van der Waals surface area contributed by atoms with E-state index in [1.54, 1.807) is 0 Å². The van der Waals surface area contributed by atoms with Gasteiger partial charge in [0.1, 0.15) is 0 Å². The Morgan fingerprint density at radius 1 is 1.40 bits per heavy atom. The summed E-state index contributed by atoms with van der Waals surface area (Å²) in [6, 6.07) is 0. The third-order valence-electron chi connectivity index (χ3n) is 0. The van der Waals surface area contributed by atoms with E-state index in [1.807, 2.05) is 0 Å². The molecule has 0 aromatic rings. The molecule has 0 atom stereocenters. The van der Waals surface area contributed by atoms with Crippen LogP contribution in [0.2, 0.25) is 0 Å². The molecule has 1 radical (unpaired) electrons. The van der Waals surface area contributed by atoms with Crippen LogP contribution in [0.5, 0.6) is 0 Å². The molecule has 0 spiro atoms. The molecule has 0 aromatic heterocycles. The van der Waals surface area contributed by atoms with Gasteiger partial charge in [0.2, 0.25) is 0 Å². The average Bonchev–Trinajstić information content (AvgIpc) is 0.811. The van der Waals surface area contributed by atoms with E-state index in [9.17, 15) is 0 Å². The first-order chi connectivity index (χ1) is 1.73. The molecule has 5 heteroatoms. The SMILES string of the molecule is [Na].[O-][Cl+2]([O-])O. The fourth-order valence-corrected chi connectivity index (χ4v) is 0. The van der Waals surface area contributed by atoms with Gasteiger partial charge in [-0.1, -0.05) is 0 Å². The van der Waals surface area contributed by atoms with Gasteiger partial charge in [-0.05, 0) is 0 Å². The molecular weight excluding hydrogens is 106 g/mol. The predicted molar refractivity (Wildman–Crippen MR) is 7.97 cm³/mol. The second-order valence-electron chi connectivity index (χ2n) is 0.201. The number of halogens is 1. The molecule has 3 nitrogen and oxygen atoms in total. The van der Waals surface area contributed by atoms with Gasteiger partial charge < -0.3 is 9.32 Å². The van der Waals surface area contributed by atoms with Gasteiger partial charge in [-0.15, -0.1) is 0 Å². The second-order valence-corrected chi connectivity index (χ2v) is 0.603. The summed E-state index contributed by atoms with van der Waals surface area (Å²) in [7, 11) is -2.60. The van der Waals surface area contributed by atoms with E-state index in [-0.39, 0.29) is 29.6 Å². The largest absolute Gasteiger partial charge is 0.321 e. The van der Waals surface area contributed by atoms with E-state index in [2.05, 4.69) is 0 Å². The zero-order valence-electron chi connectivity index (χ0n) is 2.64. The molecule has 5 heavy (non-hydrogen) atoms. The van der Waals surface area contributed by atoms with Gasteiger partial charge in [-0.2, -0.15) is 0 Å². The molecule has 0 unspecified atom stereocenters. The molecule has 0 saturated heterocycles. The maximum atomic E-state index is 8.52. The Labute approximate surface area is 54.3 Å². The molecule has 0 aliphatic heterocycles. The fraction of sp³-hybridized carbons (Fsp3) is 0. The Balaban J connectivity index is 0. The van der Waals surface area contributed by atoms with Crippen molar-refractivity contribution in [2.45, 2.75) is 0 Å². The van der Waals surface area contributed by atoms with E-state index in [0.717, 1.165) is 0 Å². The van der Waals surface area contributed by atoms with Crippen molar-refractivity contribution >= 4 is 29.6 Å². The van der Waals surface area contributed by atoms with Crippen molar-refractivity contribution in [1.29, 1.82) is 0 Å². The van der Waals surface area contributed by atoms with Crippen LogP contribution in [0.3, 0.4) is 0 Å². The van der Waals surface area contributed by atoms with E-state index >= 15 is 0 Å². The molecular formula is HClNaO3. The zero-order valence-corrected chi connectivity index (χ0v) is 5.40. The van der Waals surface area contributed by atoms with Crippen molar-refractivity contribution in [3.63, 3.8) is 0 Å². The van der Waals surface area contributed by atoms with Gasteiger partial charge in [0.15, 0.2) is 0 Å². The van der Waals surface area contributed by atoms with E-state index in [0.29, 0.717) is 0 Å². The fourth-order valence-electron chi connectivity index (χ4n) is 0. The van der Waals surface area contributed by atoms with Crippen LogP contribution >= 0.6 is 0 Å². The Morgan fingerprint density at radius 2 is 1.40 bits per heavy atom. The molecule has 0 fully saturated rings. The summed E-state index contributed by atoms with van der Waals surface area (Å²) in [6.07, 6.45) is 0. The van der Waals surface area contributed by atoms with Crippen LogP contribution in [-0.2, 0) is 0 Å². The monoisotopic (exact) mass is 107 g/mol. The van der Waals surface area contributed by atoms with Crippen molar-refractivity contribution < 1.29 is 24.8 Å². The van der Waals surface area contributed by atoms with Crippen molar-refractivity contribution in [2.24, 2.45) is 0 Å². The number of rotatable bonds is 0. The molecule has 0 heterocycles. The summed E-state index contributed by atoms with van der Waals surface area (Å²) < 4.78 is 24.0. The number of hydrogen-bond acceptors (Lipinski definition) is 3. The van der Waals surface area contributed by atoms with Crippen LogP contribution in [0.25, 0.3) is 0 Å². The topological polar surface area (TPSA) is 66.3 Å². The first-order valence-electron chi connectivity index (χ1n) is 0.478. The Kier molecular flexibility index (Phi) is 9.81. The van der Waals surface area contributed by atoms with Crippen molar-refractivity contribution in [2.75, 3.05) is 0 Å². The molecule has 27 valence electrons. The van der Waals surface area contributed by atoms with E-state index < -0.39 is 10.8 Å². The second kappa shape index (κ2) is 5.17. The van der Waals surface area contributed by atoms with Crippen LogP contribution in [0.4, 0.5) is 0 Å². The average molecular weight is 107 g/mol. The Hall–Kier alpha value is 1.17. The van der Waals surface area contributed by atoms with Gasteiger partial charge in [0, 0.05) is 34.2 Å². The van der Waals surface area contributed by atoms with Gasteiger partial charge in [-0.25, -0.2) is 0 Å². The summed E-state index contributed by atoms with van der Waals surface area (Å²) in [5.74, 6) is 0. The Bertz CT molecular complexity index is 11.6. The summed E-state index contributed by atoms with van der Waals surface area (Å²) in [5.41, 5.74) is 0. The molecule has 1 N–H and O–H groups in total. The van der Waals surface area contributed by atoms with Crippen LogP contribution in [-0.4, -0.2) is 34.2 Å². The third kappa shape index (κ3) is 38.0. The van der Waals surface area contributed by atoms with Crippen molar-refractivity contribution in [3.05, 3.63) is 0 Å². The van der Waals surface area contributed by atoms with Gasteiger partial charge in [-0.3, -0.25) is 0 Å². The van der Waals surface area contributed by atoms with Gasteiger partial charge in [0.25, 0.3) is 10.8 Å². The van der Waals surface area contributed by atoms with Gasteiger partial charge in [0.05, 0.1) is 0 Å². The predicted octanol–water partition coefficient (Wildman–Crippen LogP) is -3.32. The van der Waals surface area contributed by atoms with Crippen LogP contribution in [0, 0.1) is 10.8 Å². The smallest absolute Gasteiger partial charge is 0.282 e. The van der Waals surface area contributed by atoms with Gasteiger partial charge >= 0.3 is 0 Å². The maximum absolute atomic E-state index is 8.52. The first kappa shape index (κ1) is 9.48. The van der Waals surface area contributed by atoms with Crippen LogP contribution < -0.4 is 9.32 Å². The minimum atomic E-state index is -2.60. The molecule has 0 aliphatic rings. The quantitative estimate of drug-likeness (QED) is 0.330. The first-order valence-corrected chi connectivity index (χ1v) is 1.43. The van der Waals surface area contributed by atoms with Crippen LogP contribution in [0.15, 0.2) is 0 Å². The van der Waals surface area contributed by atoms with Crippen molar-refractivity contribution in [3.8, 4) is 0 Å². The molecule has 0 aliphatic carbocycles. The third-order valence-corrected chi connectivity index (χ3v) is 0. The molecule has 0 amide bonds. The number of hydrogen-bond donors (Lipinski definition) is 1.